The van der Waals surface area contributed by atoms with Crippen LogP contribution in [0, 0.1) is 5.92 Å². The number of fused-ring (bicyclic) bond motifs is 1. The lowest BCUT2D eigenvalue weighted by atomic mass is 9.93. The van der Waals surface area contributed by atoms with Gasteiger partial charge in [0.2, 0.25) is 10.8 Å². The molecule has 0 radical (unpaired) electrons. The molecule has 3 heterocycles. The molecule has 8 heteroatoms. The minimum absolute atomic E-state index is 0.0572. The zero-order valence-corrected chi connectivity index (χ0v) is 20.1. The molecule has 1 atom stereocenters. The SMILES string of the molecule is CCOC(=O)C1CCN(C(c2ccc(C(C)C)cc2)c2sc3nc(CC)nn3c2O)CC1. The van der Waals surface area contributed by atoms with Crippen LogP contribution in [0.2, 0.25) is 0 Å². The van der Waals surface area contributed by atoms with E-state index in [2.05, 4.69) is 53.1 Å². The Morgan fingerprint density at radius 3 is 2.41 bits per heavy atom. The third-order valence-corrected chi connectivity index (χ3v) is 7.31. The average Bonchev–Trinajstić information content (AvgIpc) is 3.34. The molecule has 1 saturated heterocycles. The first kappa shape index (κ1) is 22.7. The molecule has 2 aromatic heterocycles. The predicted molar refractivity (Wildman–Crippen MR) is 125 cm³/mol. The van der Waals surface area contributed by atoms with E-state index in [-0.39, 0.29) is 23.8 Å². The van der Waals surface area contributed by atoms with Crippen LogP contribution in [0.15, 0.2) is 24.3 Å². The number of aromatic hydroxyl groups is 1. The Hall–Kier alpha value is -2.45. The second-order valence-electron chi connectivity index (χ2n) is 8.65. The van der Waals surface area contributed by atoms with Crippen LogP contribution in [-0.4, -0.2) is 50.3 Å². The molecule has 0 spiro atoms. The van der Waals surface area contributed by atoms with Crippen molar-refractivity contribution in [3.8, 4) is 5.88 Å². The molecule has 32 heavy (non-hydrogen) atoms. The average molecular weight is 457 g/mol. The summed E-state index contributed by atoms with van der Waals surface area (Å²) in [5.41, 5.74) is 2.41. The van der Waals surface area contributed by atoms with Gasteiger partial charge in [0.1, 0.15) is 0 Å². The van der Waals surface area contributed by atoms with Crippen LogP contribution < -0.4 is 0 Å². The summed E-state index contributed by atoms with van der Waals surface area (Å²) in [5, 5.41) is 15.5. The number of carbonyl (C=O) groups is 1. The molecule has 1 N–H and O–H groups in total. The van der Waals surface area contributed by atoms with Gasteiger partial charge in [0.15, 0.2) is 5.82 Å². The molecule has 1 aliphatic rings. The largest absolute Gasteiger partial charge is 0.492 e. The number of nitrogens with zero attached hydrogens (tertiary/aromatic N) is 4. The van der Waals surface area contributed by atoms with Gasteiger partial charge < -0.3 is 9.84 Å². The molecule has 4 rings (SSSR count). The number of piperidine rings is 1. The van der Waals surface area contributed by atoms with E-state index in [1.165, 1.54) is 16.9 Å². The van der Waals surface area contributed by atoms with E-state index in [4.69, 9.17) is 4.74 Å². The Kier molecular flexibility index (Phi) is 6.81. The number of aromatic nitrogens is 3. The van der Waals surface area contributed by atoms with Crippen molar-refractivity contribution < 1.29 is 14.6 Å². The first-order valence-corrected chi connectivity index (χ1v) is 12.3. The Morgan fingerprint density at radius 2 is 1.84 bits per heavy atom. The number of hydrogen-bond acceptors (Lipinski definition) is 7. The lowest BCUT2D eigenvalue weighted by molar-refractivity contribution is -0.149. The molecule has 1 aromatic carbocycles. The lowest BCUT2D eigenvalue weighted by Gasteiger charge is -2.36. The number of hydrogen-bond donors (Lipinski definition) is 1. The van der Waals surface area contributed by atoms with Gasteiger partial charge in [0, 0.05) is 6.42 Å². The number of carbonyl (C=O) groups excluding carboxylic acids is 1. The fourth-order valence-corrected chi connectivity index (χ4v) is 5.50. The predicted octanol–water partition coefficient (Wildman–Crippen LogP) is 4.55. The summed E-state index contributed by atoms with van der Waals surface area (Å²) < 4.78 is 6.79. The molecule has 0 saturated carbocycles. The van der Waals surface area contributed by atoms with Crippen LogP contribution in [0.1, 0.15) is 74.3 Å². The summed E-state index contributed by atoms with van der Waals surface area (Å²) in [5.74, 6) is 1.18. The third kappa shape index (κ3) is 4.38. The summed E-state index contributed by atoms with van der Waals surface area (Å²) in [7, 11) is 0. The lowest BCUT2D eigenvalue weighted by Crippen LogP contribution is -2.39. The van der Waals surface area contributed by atoms with E-state index in [9.17, 15) is 9.90 Å². The molecule has 1 aliphatic heterocycles. The standard InChI is InChI=1S/C24H32N4O3S/c1-5-19-25-24-28(26-19)22(29)21(32-24)20(17-9-7-16(8-10-17)15(3)4)27-13-11-18(12-14-27)23(30)31-6-2/h7-10,15,18,20,29H,5-6,11-14H2,1-4H3. The highest BCUT2D eigenvalue weighted by atomic mass is 32.1. The van der Waals surface area contributed by atoms with Gasteiger partial charge in [-0.25, -0.2) is 4.98 Å². The van der Waals surface area contributed by atoms with Crippen molar-refractivity contribution in [3.05, 3.63) is 46.1 Å². The van der Waals surface area contributed by atoms with Crippen molar-refractivity contribution in [2.24, 2.45) is 5.92 Å². The van der Waals surface area contributed by atoms with Crippen molar-refractivity contribution in [1.82, 2.24) is 19.5 Å². The van der Waals surface area contributed by atoms with Crippen LogP contribution in [-0.2, 0) is 16.0 Å². The van der Waals surface area contributed by atoms with Crippen LogP contribution in [0.3, 0.4) is 0 Å². The number of rotatable bonds is 7. The zero-order valence-electron chi connectivity index (χ0n) is 19.2. The van der Waals surface area contributed by atoms with Gasteiger partial charge in [-0.05, 0) is 49.9 Å². The molecule has 1 fully saturated rings. The first-order chi connectivity index (χ1) is 15.4. The molecule has 1 unspecified atom stereocenters. The summed E-state index contributed by atoms with van der Waals surface area (Å²) in [6, 6.07) is 8.54. The molecular weight excluding hydrogens is 424 g/mol. The van der Waals surface area contributed by atoms with Crippen molar-refractivity contribution in [2.75, 3.05) is 19.7 Å². The second kappa shape index (κ2) is 9.58. The number of likely N-dealkylation sites (tertiary alicyclic amines) is 1. The van der Waals surface area contributed by atoms with E-state index in [1.54, 1.807) is 4.52 Å². The van der Waals surface area contributed by atoms with Gasteiger partial charge in [-0.15, -0.1) is 5.10 Å². The number of aryl methyl sites for hydroxylation is 1. The molecule has 0 amide bonds. The topological polar surface area (TPSA) is 80.0 Å². The molecule has 172 valence electrons. The molecule has 0 bridgehead atoms. The molecule has 0 aliphatic carbocycles. The molecule has 3 aromatic rings. The van der Waals surface area contributed by atoms with E-state index < -0.39 is 0 Å². The molecular formula is C24H32N4O3S. The van der Waals surface area contributed by atoms with Gasteiger partial charge in [0.25, 0.3) is 0 Å². The first-order valence-electron chi connectivity index (χ1n) is 11.5. The second-order valence-corrected chi connectivity index (χ2v) is 9.66. The van der Waals surface area contributed by atoms with Gasteiger partial charge in [-0.1, -0.05) is 56.4 Å². The Morgan fingerprint density at radius 1 is 1.19 bits per heavy atom. The highest BCUT2D eigenvalue weighted by Gasteiger charge is 2.34. The third-order valence-electron chi connectivity index (χ3n) is 6.24. The minimum atomic E-state index is -0.113. The van der Waals surface area contributed by atoms with E-state index >= 15 is 0 Å². The number of thiazole rings is 1. The molecule has 7 nitrogen and oxygen atoms in total. The van der Waals surface area contributed by atoms with Crippen molar-refractivity contribution in [2.45, 2.75) is 58.9 Å². The summed E-state index contributed by atoms with van der Waals surface area (Å²) in [4.78, 5) is 20.7. The number of ether oxygens (including phenoxy) is 1. The van der Waals surface area contributed by atoms with Crippen LogP contribution >= 0.6 is 11.3 Å². The minimum Gasteiger partial charge on any atom is -0.492 e. The maximum atomic E-state index is 12.2. The Bertz CT molecular complexity index is 1070. The Labute approximate surface area is 193 Å². The van der Waals surface area contributed by atoms with Gasteiger partial charge in [-0.3, -0.25) is 9.69 Å². The summed E-state index contributed by atoms with van der Waals surface area (Å²) >= 11 is 1.49. The van der Waals surface area contributed by atoms with Crippen molar-refractivity contribution in [3.63, 3.8) is 0 Å². The Balaban J connectivity index is 1.67. The quantitative estimate of drug-likeness (QED) is 0.526. The van der Waals surface area contributed by atoms with Crippen LogP contribution in [0.4, 0.5) is 0 Å². The van der Waals surface area contributed by atoms with Crippen molar-refractivity contribution in [1.29, 1.82) is 0 Å². The summed E-state index contributed by atoms with van der Waals surface area (Å²) in [6.45, 7) is 10.1. The maximum Gasteiger partial charge on any atom is 0.309 e. The normalized spacial score (nSPS) is 16.7. The number of esters is 1. The highest BCUT2D eigenvalue weighted by molar-refractivity contribution is 7.17. The highest BCUT2D eigenvalue weighted by Crippen LogP contribution is 2.41. The monoisotopic (exact) mass is 456 g/mol. The zero-order chi connectivity index (χ0) is 22.8. The van der Waals surface area contributed by atoms with Gasteiger partial charge >= 0.3 is 5.97 Å². The maximum absolute atomic E-state index is 12.2. The fourth-order valence-electron chi connectivity index (χ4n) is 4.36. The number of benzene rings is 1. The van der Waals surface area contributed by atoms with Crippen molar-refractivity contribution >= 4 is 22.3 Å². The fraction of sp³-hybridized carbons (Fsp3) is 0.542. The van der Waals surface area contributed by atoms with E-state index in [0.717, 1.165) is 48.6 Å². The van der Waals surface area contributed by atoms with E-state index in [1.807, 2.05) is 13.8 Å². The van der Waals surface area contributed by atoms with Gasteiger partial charge in [-0.2, -0.15) is 4.52 Å². The van der Waals surface area contributed by atoms with Crippen LogP contribution in [0.25, 0.3) is 4.96 Å². The smallest absolute Gasteiger partial charge is 0.309 e. The van der Waals surface area contributed by atoms with Gasteiger partial charge in [0.05, 0.1) is 23.4 Å². The van der Waals surface area contributed by atoms with Crippen LogP contribution in [0.5, 0.6) is 5.88 Å². The summed E-state index contributed by atoms with van der Waals surface area (Å²) in [6.07, 6.45) is 2.23. The van der Waals surface area contributed by atoms with E-state index in [0.29, 0.717) is 17.5 Å².